The van der Waals surface area contributed by atoms with Gasteiger partial charge in [0.2, 0.25) is 5.91 Å². The van der Waals surface area contributed by atoms with Crippen molar-refractivity contribution in [3.05, 3.63) is 22.7 Å². The summed E-state index contributed by atoms with van der Waals surface area (Å²) in [7, 11) is -2.56. The highest BCUT2D eigenvalue weighted by Gasteiger charge is 2.36. The van der Waals surface area contributed by atoms with Crippen LogP contribution in [0.5, 0.6) is 0 Å². The molecule has 4 atom stereocenters. The first-order chi connectivity index (χ1) is 14.5. The Hall–Kier alpha value is -2.31. The lowest BCUT2D eigenvalue weighted by atomic mass is 10.0. The molecule has 1 aliphatic rings. The van der Waals surface area contributed by atoms with E-state index >= 15 is 0 Å². The molecule has 3 unspecified atom stereocenters. The quantitative estimate of drug-likeness (QED) is 0.304. The topological polar surface area (TPSA) is 187 Å². The van der Waals surface area contributed by atoms with Crippen LogP contribution in [-0.2, 0) is 39.2 Å². The first-order valence-corrected chi connectivity index (χ1v) is 11.2. The Morgan fingerprint density at radius 3 is 2.71 bits per heavy atom. The first kappa shape index (κ1) is 25.0. The Kier molecular flexibility index (Phi) is 8.71. The van der Waals surface area contributed by atoms with Gasteiger partial charge in [0, 0.05) is 6.20 Å². The van der Waals surface area contributed by atoms with Gasteiger partial charge in [-0.25, -0.2) is 9.59 Å². The lowest BCUT2D eigenvalue weighted by Gasteiger charge is -2.30. The molecule has 174 valence electrons. The number of nitrogens with two attached hydrogens (primary N) is 2. The zero-order valence-corrected chi connectivity index (χ0v) is 18.4. The van der Waals surface area contributed by atoms with Gasteiger partial charge in [-0.3, -0.25) is 13.9 Å². The maximum atomic E-state index is 12.7. The van der Waals surface area contributed by atoms with Gasteiger partial charge in [0.05, 0.1) is 32.9 Å². The van der Waals surface area contributed by atoms with Crippen molar-refractivity contribution in [1.29, 1.82) is 0 Å². The van der Waals surface area contributed by atoms with Crippen molar-refractivity contribution in [2.45, 2.75) is 38.6 Å². The van der Waals surface area contributed by atoms with Crippen LogP contribution in [-0.4, -0.2) is 66.3 Å². The molecule has 0 spiro atoms. The largest absolute Gasteiger partial charge is 0.467 e. The molecule has 0 saturated carbocycles. The fraction of sp³-hybridized carbons (Fsp3) is 0.647. The van der Waals surface area contributed by atoms with Gasteiger partial charge in [-0.05, 0) is 12.0 Å². The third-order valence-corrected chi connectivity index (χ3v) is 6.03. The van der Waals surface area contributed by atoms with Gasteiger partial charge in [-0.1, -0.05) is 13.8 Å². The van der Waals surface area contributed by atoms with E-state index in [1.54, 1.807) is 13.8 Å². The van der Waals surface area contributed by atoms with Crippen LogP contribution in [0.4, 0.5) is 5.82 Å². The Bertz CT molecular complexity index is 880. The van der Waals surface area contributed by atoms with Crippen molar-refractivity contribution in [3.8, 4) is 0 Å². The van der Waals surface area contributed by atoms with Crippen molar-refractivity contribution in [2.75, 3.05) is 32.4 Å². The third-order valence-electron chi connectivity index (χ3n) is 4.48. The van der Waals surface area contributed by atoms with Crippen molar-refractivity contribution in [2.24, 2.45) is 11.7 Å². The molecule has 1 aliphatic heterocycles. The number of rotatable bonds is 9. The summed E-state index contributed by atoms with van der Waals surface area (Å²) in [5.74, 6) is -1.42. The van der Waals surface area contributed by atoms with Gasteiger partial charge >= 0.3 is 19.3 Å². The average molecular weight is 461 g/mol. The summed E-state index contributed by atoms with van der Waals surface area (Å²) in [5, 5.41) is 2.42. The number of hydrogen-bond donors (Lipinski definition) is 3. The minimum absolute atomic E-state index is 0.0987. The lowest BCUT2D eigenvalue weighted by Crippen LogP contribution is -2.52. The molecule has 0 aromatic carbocycles. The minimum atomic E-state index is -3.70. The van der Waals surface area contributed by atoms with Crippen LogP contribution in [0, 0.1) is 5.92 Å². The summed E-state index contributed by atoms with van der Waals surface area (Å²) in [6.45, 7) is 3.03. The van der Waals surface area contributed by atoms with Crippen molar-refractivity contribution < 1.29 is 32.7 Å². The van der Waals surface area contributed by atoms with Gasteiger partial charge in [0.25, 0.3) is 0 Å². The van der Waals surface area contributed by atoms with E-state index in [4.69, 9.17) is 25.3 Å². The Morgan fingerprint density at radius 1 is 1.45 bits per heavy atom. The molecule has 1 fully saturated rings. The highest BCUT2D eigenvalue weighted by atomic mass is 31.2. The summed E-state index contributed by atoms with van der Waals surface area (Å²) >= 11 is 0. The first-order valence-electron chi connectivity index (χ1n) is 9.51. The molecule has 1 amide bonds. The average Bonchev–Trinajstić information content (AvgIpc) is 2.73. The molecule has 1 saturated heterocycles. The number of aromatic nitrogens is 2. The van der Waals surface area contributed by atoms with Crippen LogP contribution >= 0.6 is 7.60 Å². The summed E-state index contributed by atoms with van der Waals surface area (Å²) in [4.78, 5) is 39.5. The van der Waals surface area contributed by atoms with Crippen molar-refractivity contribution in [1.82, 2.24) is 14.9 Å². The van der Waals surface area contributed by atoms with Crippen LogP contribution in [0.2, 0.25) is 0 Å². The maximum absolute atomic E-state index is 12.7. The van der Waals surface area contributed by atoms with E-state index in [-0.39, 0.29) is 24.9 Å². The minimum Gasteiger partial charge on any atom is -0.467 e. The number of esters is 1. The number of nitrogens with one attached hydrogen (secondary N) is 1. The normalized spacial score (nSPS) is 23.2. The molecular formula is C17H28N5O8P. The molecule has 1 aromatic rings. The molecule has 1 aromatic heterocycles. The number of methoxy groups -OCH3 is 1. The molecular weight excluding hydrogens is 433 g/mol. The Morgan fingerprint density at radius 2 is 2.16 bits per heavy atom. The second-order valence-corrected chi connectivity index (χ2v) is 9.26. The maximum Gasteiger partial charge on any atom is 0.356 e. The second kappa shape index (κ2) is 10.8. The zero-order chi connectivity index (χ0) is 23.2. The van der Waals surface area contributed by atoms with E-state index in [2.05, 4.69) is 15.0 Å². The highest BCUT2D eigenvalue weighted by molar-refractivity contribution is 7.53. The lowest BCUT2D eigenvalue weighted by molar-refractivity contribution is -0.146. The monoisotopic (exact) mass is 461 g/mol. The number of nitrogen functional groups attached to an aromatic ring is 1. The molecule has 5 N–H and O–H groups in total. The van der Waals surface area contributed by atoms with Gasteiger partial charge in [-0.2, -0.15) is 4.98 Å². The van der Waals surface area contributed by atoms with Crippen LogP contribution in [0.3, 0.4) is 0 Å². The third kappa shape index (κ3) is 7.11. The molecule has 2 rings (SSSR count). The predicted molar refractivity (Wildman–Crippen MR) is 109 cm³/mol. The number of carbonyl (C=O) groups is 2. The molecule has 0 aliphatic carbocycles. The van der Waals surface area contributed by atoms with E-state index in [9.17, 15) is 18.9 Å². The van der Waals surface area contributed by atoms with Gasteiger partial charge in [0.15, 0.2) is 6.04 Å². The Balaban J connectivity index is 1.91. The van der Waals surface area contributed by atoms with Gasteiger partial charge in [0.1, 0.15) is 18.3 Å². The SMILES string of the molecule is COC(=O)C(COP1(=O)CO[C@@H](Cn2ccc(N)nc2=O)CO1)NC(=O)C(N)C(C)C. The van der Waals surface area contributed by atoms with E-state index < -0.39 is 56.3 Å². The van der Waals surface area contributed by atoms with Gasteiger partial charge in [-0.15, -0.1) is 0 Å². The fourth-order valence-corrected chi connectivity index (χ4v) is 3.92. The number of anilines is 1. The molecule has 14 heteroatoms. The smallest absolute Gasteiger partial charge is 0.356 e. The zero-order valence-electron chi connectivity index (χ0n) is 17.6. The number of nitrogens with zero attached hydrogens (tertiary/aromatic N) is 2. The van der Waals surface area contributed by atoms with E-state index in [0.29, 0.717) is 0 Å². The standard InChI is InChI=1S/C17H28N5O8P/c1-10(2)14(19)15(23)20-12(16(24)27-3)8-30-31(26)9-28-11(7-29-31)6-22-5-4-13(18)21-17(22)25/h4-5,10-12,14H,6-9,19H2,1-3H3,(H,20,23)(H2,18,21,25)/t11-,12?,14?,31?/m0/s1. The van der Waals surface area contributed by atoms with Crippen LogP contribution in [0.15, 0.2) is 17.1 Å². The summed E-state index contributed by atoms with van der Waals surface area (Å²) < 4.78 is 34.8. The molecule has 0 bridgehead atoms. The van der Waals surface area contributed by atoms with Gasteiger partial charge < -0.3 is 35.3 Å². The number of carbonyl (C=O) groups excluding carboxylic acids is 2. The fourth-order valence-electron chi connectivity index (χ4n) is 2.53. The molecule has 0 radical (unpaired) electrons. The van der Waals surface area contributed by atoms with Crippen molar-refractivity contribution in [3.63, 3.8) is 0 Å². The van der Waals surface area contributed by atoms with Crippen LogP contribution in [0.1, 0.15) is 13.8 Å². The van der Waals surface area contributed by atoms with E-state index in [1.165, 1.54) is 16.8 Å². The predicted octanol–water partition coefficient (Wildman–Crippen LogP) is -0.951. The van der Waals surface area contributed by atoms with Crippen LogP contribution < -0.4 is 22.5 Å². The highest BCUT2D eigenvalue weighted by Crippen LogP contribution is 2.51. The number of ether oxygens (including phenoxy) is 2. The van der Waals surface area contributed by atoms with Crippen molar-refractivity contribution >= 4 is 25.3 Å². The molecule has 13 nitrogen and oxygen atoms in total. The van der Waals surface area contributed by atoms with E-state index in [1.807, 2.05) is 0 Å². The summed E-state index contributed by atoms with van der Waals surface area (Å²) in [6.07, 6.45) is 0.487. The second-order valence-electron chi connectivity index (χ2n) is 7.26. The van der Waals surface area contributed by atoms with Crippen LogP contribution in [0.25, 0.3) is 0 Å². The summed E-state index contributed by atoms with van der Waals surface area (Å²) in [6, 6.07) is -0.607. The van der Waals surface area contributed by atoms with E-state index in [0.717, 1.165) is 7.11 Å². The Labute approximate surface area is 178 Å². The molecule has 2 heterocycles. The number of amides is 1. The summed E-state index contributed by atoms with van der Waals surface area (Å²) in [5.41, 5.74) is 10.7. The number of hydrogen-bond acceptors (Lipinski definition) is 11. The molecule has 31 heavy (non-hydrogen) atoms.